The summed E-state index contributed by atoms with van der Waals surface area (Å²) >= 11 is 1.80. The largest absolute Gasteiger partial charge is 0.347 e. The molecule has 0 amide bonds. The van der Waals surface area contributed by atoms with Gasteiger partial charge in [0.2, 0.25) is 5.13 Å². The topological polar surface area (TPSA) is 29.0 Å². The molecule has 70 valence electrons. The molecule has 1 saturated carbocycles. The van der Waals surface area contributed by atoms with E-state index in [-0.39, 0.29) is 0 Å². The Kier molecular flexibility index (Phi) is 1.75. The minimum Gasteiger partial charge on any atom is -0.347 e. The maximum Gasteiger partial charge on any atom is 0.208 e. The van der Waals surface area contributed by atoms with E-state index < -0.39 is 0 Å². The molecule has 3 rings (SSSR count). The van der Waals surface area contributed by atoms with Crippen LogP contribution in [0.3, 0.4) is 0 Å². The van der Waals surface area contributed by atoms with Crippen LogP contribution in [-0.4, -0.2) is 23.3 Å². The van der Waals surface area contributed by atoms with Gasteiger partial charge in [0, 0.05) is 19.0 Å². The van der Waals surface area contributed by atoms with Crippen molar-refractivity contribution in [3.8, 4) is 0 Å². The second-order valence-electron chi connectivity index (χ2n) is 3.89. The summed E-state index contributed by atoms with van der Waals surface area (Å²) < 4.78 is 0. The summed E-state index contributed by atoms with van der Waals surface area (Å²) in [6, 6.07) is 0. The molecule has 1 aliphatic heterocycles. The molecule has 2 fully saturated rings. The highest BCUT2D eigenvalue weighted by atomic mass is 32.1. The summed E-state index contributed by atoms with van der Waals surface area (Å²) in [5.41, 5.74) is 0. The van der Waals surface area contributed by atoms with E-state index in [2.05, 4.69) is 15.1 Å². The molecule has 13 heavy (non-hydrogen) atoms. The van der Waals surface area contributed by atoms with E-state index in [4.69, 9.17) is 0 Å². The predicted octanol–water partition coefficient (Wildman–Crippen LogP) is 2.02. The Labute approximate surface area is 81.8 Å². The summed E-state index contributed by atoms with van der Waals surface area (Å²) in [5, 5.41) is 10.9. The van der Waals surface area contributed by atoms with E-state index >= 15 is 0 Å². The van der Waals surface area contributed by atoms with Gasteiger partial charge in [-0.2, -0.15) is 0 Å². The van der Waals surface area contributed by atoms with E-state index in [1.165, 1.54) is 43.8 Å². The smallest absolute Gasteiger partial charge is 0.208 e. The molecule has 0 atom stereocenters. The summed E-state index contributed by atoms with van der Waals surface area (Å²) in [7, 11) is 0. The Morgan fingerprint density at radius 2 is 1.92 bits per heavy atom. The summed E-state index contributed by atoms with van der Waals surface area (Å²) in [5.74, 6) is 0.758. The fraction of sp³-hybridized carbons (Fsp3) is 0.778. The van der Waals surface area contributed by atoms with Crippen LogP contribution in [0, 0.1) is 0 Å². The standard InChI is InChI=1S/C9H13N3S/c1-2-6-12(5-1)9-11-10-8(13-9)7-3-4-7/h7H,1-6H2. The molecular weight excluding hydrogens is 182 g/mol. The Bertz CT molecular complexity index is 300. The molecule has 0 bridgehead atoms. The number of hydrogen-bond acceptors (Lipinski definition) is 4. The van der Waals surface area contributed by atoms with E-state index in [1.807, 2.05) is 0 Å². The van der Waals surface area contributed by atoms with Gasteiger partial charge < -0.3 is 4.90 Å². The van der Waals surface area contributed by atoms with Crippen LogP contribution >= 0.6 is 11.3 Å². The van der Waals surface area contributed by atoms with Gasteiger partial charge in [0.05, 0.1) is 0 Å². The zero-order chi connectivity index (χ0) is 8.67. The highest BCUT2D eigenvalue weighted by molar-refractivity contribution is 7.15. The normalized spacial score (nSPS) is 22.6. The number of nitrogens with zero attached hydrogens (tertiary/aromatic N) is 3. The Morgan fingerprint density at radius 1 is 1.15 bits per heavy atom. The van der Waals surface area contributed by atoms with Gasteiger partial charge in [-0.3, -0.25) is 0 Å². The SMILES string of the molecule is C1CCN(c2nnc(C3CC3)s2)C1. The summed E-state index contributed by atoms with van der Waals surface area (Å²) in [6.07, 6.45) is 5.29. The average Bonchev–Trinajstić information content (AvgIpc) is 2.72. The van der Waals surface area contributed by atoms with Crippen molar-refractivity contribution in [2.45, 2.75) is 31.6 Å². The van der Waals surface area contributed by atoms with E-state index in [0.29, 0.717) is 0 Å². The van der Waals surface area contributed by atoms with Crippen LogP contribution in [0.15, 0.2) is 0 Å². The lowest BCUT2D eigenvalue weighted by atomic mass is 10.4. The third kappa shape index (κ3) is 1.43. The lowest BCUT2D eigenvalue weighted by Crippen LogP contribution is -2.17. The molecule has 1 aliphatic carbocycles. The zero-order valence-corrected chi connectivity index (χ0v) is 8.39. The monoisotopic (exact) mass is 195 g/mol. The number of hydrogen-bond donors (Lipinski definition) is 0. The van der Waals surface area contributed by atoms with Gasteiger partial charge in [-0.1, -0.05) is 11.3 Å². The van der Waals surface area contributed by atoms with Crippen molar-refractivity contribution in [3.63, 3.8) is 0 Å². The van der Waals surface area contributed by atoms with Gasteiger partial charge in [-0.15, -0.1) is 10.2 Å². The average molecular weight is 195 g/mol. The zero-order valence-electron chi connectivity index (χ0n) is 7.57. The van der Waals surface area contributed by atoms with Crippen molar-refractivity contribution >= 4 is 16.5 Å². The lowest BCUT2D eigenvalue weighted by Gasteiger charge is -2.10. The Morgan fingerprint density at radius 3 is 2.62 bits per heavy atom. The minimum absolute atomic E-state index is 0.758. The molecule has 2 heterocycles. The third-order valence-electron chi connectivity index (χ3n) is 2.73. The number of rotatable bonds is 2. The van der Waals surface area contributed by atoms with E-state index in [1.54, 1.807) is 11.3 Å². The molecule has 0 radical (unpaired) electrons. The van der Waals surface area contributed by atoms with Crippen molar-refractivity contribution in [2.75, 3.05) is 18.0 Å². The molecule has 0 aromatic carbocycles. The first-order valence-corrected chi connectivity index (χ1v) is 5.83. The van der Waals surface area contributed by atoms with Gasteiger partial charge in [0.1, 0.15) is 5.01 Å². The first-order valence-electron chi connectivity index (χ1n) is 5.02. The molecule has 0 N–H and O–H groups in total. The van der Waals surface area contributed by atoms with Crippen molar-refractivity contribution in [1.29, 1.82) is 0 Å². The van der Waals surface area contributed by atoms with Crippen molar-refractivity contribution in [3.05, 3.63) is 5.01 Å². The van der Waals surface area contributed by atoms with Crippen molar-refractivity contribution < 1.29 is 0 Å². The van der Waals surface area contributed by atoms with Crippen LogP contribution in [0.25, 0.3) is 0 Å². The molecular formula is C9H13N3S. The Balaban J connectivity index is 1.79. The second-order valence-corrected chi connectivity index (χ2v) is 4.88. The highest BCUT2D eigenvalue weighted by Gasteiger charge is 2.28. The Hall–Kier alpha value is -0.640. The third-order valence-corrected chi connectivity index (χ3v) is 3.88. The fourth-order valence-corrected chi connectivity index (χ4v) is 2.82. The quantitative estimate of drug-likeness (QED) is 0.723. The molecule has 2 aliphatic rings. The van der Waals surface area contributed by atoms with Crippen LogP contribution in [0.1, 0.15) is 36.6 Å². The van der Waals surface area contributed by atoms with E-state index in [9.17, 15) is 0 Å². The van der Waals surface area contributed by atoms with Crippen LogP contribution in [0.5, 0.6) is 0 Å². The van der Waals surface area contributed by atoms with Crippen LogP contribution < -0.4 is 4.90 Å². The van der Waals surface area contributed by atoms with Gasteiger partial charge in [-0.25, -0.2) is 0 Å². The molecule has 0 spiro atoms. The first kappa shape index (κ1) is 7.74. The highest BCUT2D eigenvalue weighted by Crippen LogP contribution is 2.42. The number of aromatic nitrogens is 2. The molecule has 1 saturated heterocycles. The maximum absolute atomic E-state index is 4.25. The molecule has 0 unspecified atom stereocenters. The minimum atomic E-state index is 0.758. The van der Waals surface area contributed by atoms with Crippen LogP contribution in [0.4, 0.5) is 5.13 Å². The predicted molar refractivity (Wildman–Crippen MR) is 53.3 cm³/mol. The van der Waals surface area contributed by atoms with Gasteiger partial charge in [-0.05, 0) is 25.7 Å². The van der Waals surface area contributed by atoms with E-state index in [0.717, 1.165) is 11.0 Å². The van der Waals surface area contributed by atoms with Gasteiger partial charge >= 0.3 is 0 Å². The molecule has 3 nitrogen and oxygen atoms in total. The number of anilines is 1. The van der Waals surface area contributed by atoms with Crippen molar-refractivity contribution in [1.82, 2.24) is 10.2 Å². The fourth-order valence-electron chi connectivity index (χ4n) is 1.76. The summed E-state index contributed by atoms with van der Waals surface area (Å²) in [4.78, 5) is 2.36. The molecule has 1 aromatic rings. The first-order chi connectivity index (χ1) is 6.43. The summed E-state index contributed by atoms with van der Waals surface area (Å²) in [6.45, 7) is 2.36. The van der Waals surface area contributed by atoms with Crippen LogP contribution in [-0.2, 0) is 0 Å². The second kappa shape index (κ2) is 2.94. The van der Waals surface area contributed by atoms with Gasteiger partial charge in [0.25, 0.3) is 0 Å². The van der Waals surface area contributed by atoms with Gasteiger partial charge in [0.15, 0.2) is 0 Å². The van der Waals surface area contributed by atoms with Crippen LogP contribution in [0.2, 0.25) is 0 Å². The molecule has 4 heteroatoms. The van der Waals surface area contributed by atoms with Crippen molar-refractivity contribution in [2.24, 2.45) is 0 Å². The maximum atomic E-state index is 4.25. The molecule has 1 aromatic heterocycles. The lowest BCUT2D eigenvalue weighted by molar-refractivity contribution is 0.908.